The average molecular weight is 395 g/mol. The fraction of sp³-hybridized carbons (Fsp3) is 0.250. The van der Waals surface area contributed by atoms with Crippen LogP contribution in [-0.4, -0.2) is 54.9 Å². The first-order chi connectivity index (χ1) is 14.0. The Labute approximate surface area is 166 Å². The number of aromatic nitrogens is 5. The van der Waals surface area contributed by atoms with Gasteiger partial charge in [-0.1, -0.05) is 0 Å². The summed E-state index contributed by atoms with van der Waals surface area (Å²) in [4.78, 5) is 8.90. The quantitative estimate of drug-likeness (QED) is 0.516. The van der Waals surface area contributed by atoms with Crippen LogP contribution >= 0.6 is 0 Å². The Morgan fingerprint density at radius 3 is 2.69 bits per heavy atom. The van der Waals surface area contributed by atoms with Gasteiger partial charge in [-0.3, -0.25) is 9.25 Å². The van der Waals surface area contributed by atoms with Crippen molar-refractivity contribution in [1.29, 1.82) is 0 Å². The van der Waals surface area contributed by atoms with Crippen LogP contribution in [0.25, 0.3) is 27.8 Å². The minimum Gasteiger partial charge on any atom is -0.494 e. The Balaban J connectivity index is 1.73. The van der Waals surface area contributed by atoms with Crippen LogP contribution in [0.2, 0.25) is 0 Å². The Morgan fingerprint density at radius 2 is 1.97 bits per heavy atom. The van der Waals surface area contributed by atoms with Crippen LogP contribution < -0.4 is 9.47 Å². The number of fused-ring (bicyclic) bond motifs is 1. The normalized spacial score (nSPS) is 12.3. The number of hydrogen-bond donors (Lipinski definition) is 2. The van der Waals surface area contributed by atoms with Crippen molar-refractivity contribution >= 4 is 10.9 Å². The maximum Gasteiger partial charge on any atom is 0.256 e. The number of aromatic hydroxyl groups is 1. The van der Waals surface area contributed by atoms with Gasteiger partial charge in [0.05, 0.1) is 55.3 Å². The maximum atomic E-state index is 10.6. The van der Waals surface area contributed by atoms with Gasteiger partial charge in [-0.15, -0.1) is 0 Å². The molecular weight excluding hydrogens is 374 g/mol. The zero-order valence-corrected chi connectivity index (χ0v) is 16.3. The molecule has 9 nitrogen and oxygen atoms in total. The van der Waals surface area contributed by atoms with Gasteiger partial charge in [0, 0.05) is 24.2 Å². The Morgan fingerprint density at radius 1 is 1.14 bits per heavy atom. The lowest BCUT2D eigenvalue weighted by Gasteiger charge is -2.08. The second-order valence-electron chi connectivity index (χ2n) is 6.66. The highest BCUT2D eigenvalue weighted by atomic mass is 16.5. The van der Waals surface area contributed by atoms with E-state index in [2.05, 4.69) is 15.1 Å². The van der Waals surface area contributed by atoms with E-state index in [1.807, 2.05) is 6.07 Å². The molecule has 2 N–H and O–H groups in total. The number of aliphatic hydroxyl groups is 1. The molecule has 29 heavy (non-hydrogen) atoms. The summed E-state index contributed by atoms with van der Waals surface area (Å²) in [7, 11) is 3.08. The fourth-order valence-electron chi connectivity index (χ4n) is 3.15. The van der Waals surface area contributed by atoms with E-state index in [0.717, 1.165) is 5.56 Å². The smallest absolute Gasteiger partial charge is 0.256 e. The summed E-state index contributed by atoms with van der Waals surface area (Å²) in [6, 6.07) is 5.42. The van der Waals surface area contributed by atoms with Crippen LogP contribution in [0, 0.1) is 0 Å². The van der Waals surface area contributed by atoms with Crippen LogP contribution in [-0.2, 0) is 6.54 Å². The first-order valence-corrected chi connectivity index (χ1v) is 9.00. The standard InChI is InChI=1S/C20H21N5O4/c1-12(26)9-24-10-14(8-22-24)25-11-17-15(20(25)27)4-5-16(23-17)13-6-18(28-2)19(29-3)21-7-13/h4-8,10-12,26-27H,9H2,1-3H3. The minimum atomic E-state index is -0.514. The molecule has 150 valence electrons. The molecule has 4 heterocycles. The summed E-state index contributed by atoms with van der Waals surface area (Å²) in [5.41, 5.74) is 2.75. The summed E-state index contributed by atoms with van der Waals surface area (Å²) in [6.45, 7) is 2.06. The SMILES string of the molecule is COc1cc(-c2ccc3c(O)n(-c4cnn(CC(C)O)c4)cc3n2)cnc1OC. The molecule has 0 aliphatic rings. The highest BCUT2D eigenvalue weighted by Gasteiger charge is 2.15. The van der Waals surface area contributed by atoms with Gasteiger partial charge in [-0.2, -0.15) is 5.10 Å². The van der Waals surface area contributed by atoms with E-state index >= 15 is 0 Å². The summed E-state index contributed by atoms with van der Waals surface area (Å²) in [6.07, 6.45) is 6.27. The zero-order chi connectivity index (χ0) is 20.5. The molecule has 0 radical (unpaired) electrons. The van der Waals surface area contributed by atoms with Crippen molar-refractivity contribution in [3.8, 4) is 34.5 Å². The zero-order valence-electron chi connectivity index (χ0n) is 16.3. The predicted molar refractivity (Wildman–Crippen MR) is 107 cm³/mol. The van der Waals surface area contributed by atoms with E-state index < -0.39 is 6.10 Å². The summed E-state index contributed by atoms with van der Waals surface area (Å²) in [5.74, 6) is 0.981. The second kappa shape index (κ2) is 7.44. The molecule has 0 saturated carbocycles. The number of methoxy groups -OCH3 is 2. The second-order valence-corrected chi connectivity index (χ2v) is 6.66. The predicted octanol–water partition coefficient (Wildman–Crippen LogP) is 2.39. The number of nitrogens with zero attached hydrogens (tertiary/aromatic N) is 5. The van der Waals surface area contributed by atoms with Crippen LogP contribution in [0.3, 0.4) is 0 Å². The molecule has 9 heteroatoms. The van der Waals surface area contributed by atoms with Crippen molar-refractivity contribution in [2.24, 2.45) is 0 Å². The van der Waals surface area contributed by atoms with E-state index in [0.29, 0.717) is 40.5 Å². The third-order valence-electron chi connectivity index (χ3n) is 4.52. The van der Waals surface area contributed by atoms with Gasteiger partial charge in [-0.05, 0) is 25.1 Å². The van der Waals surface area contributed by atoms with Gasteiger partial charge in [-0.25, -0.2) is 9.97 Å². The van der Waals surface area contributed by atoms with Crippen LogP contribution in [0.4, 0.5) is 0 Å². The first-order valence-electron chi connectivity index (χ1n) is 9.00. The monoisotopic (exact) mass is 395 g/mol. The molecule has 0 fully saturated rings. The Bertz CT molecular complexity index is 1170. The van der Waals surface area contributed by atoms with E-state index in [4.69, 9.17) is 9.47 Å². The van der Waals surface area contributed by atoms with Crippen molar-refractivity contribution in [3.63, 3.8) is 0 Å². The topological polar surface area (TPSA) is 107 Å². The molecule has 4 rings (SSSR count). The number of hydrogen-bond acceptors (Lipinski definition) is 7. The lowest BCUT2D eigenvalue weighted by atomic mass is 10.1. The molecule has 0 aromatic carbocycles. The Hall–Kier alpha value is -3.59. The molecular formula is C20H21N5O4. The van der Waals surface area contributed by atoms with Crippen molar-refractivity contribution < 1.29 is 19.7 Å². The van der Waals surface area contributed by atoms with Gasteiger partial charge in [0.1, 0.15) is 0 Å². The molecule has 1 atom stereocenters. The Kier molecular flexibility index (Phi) is 4.81. The number of ether oxygens (including phenoxy) is 2. The third kappa shape index (κ3) is 3.47. The maximum absolute atomic E-state index is 10.6. The summed E-state index contributed by atoms with van der Waals surface area (Å²) < 4.78 is 13.7. The van der Waals surface area contributed by atoms with E-state index in [1.54, 1.807) is 60.2 Å². The van der Waals surface area contributed by atoms with Gasteiger partial charge < -0.3 is 19.7 Å². The fourth-order valence-corrected chi connectivity index (χ4v) is 3.15. The molecule has 0 spiro atoms. The molecule has 0 bridgehead atoms. The van der Waals surface area contributed by atoms with Crippen LogP contribution in [0.5, 0.6) is 17.5 Å². The lowest BCUT2D eigenvalue weighted by molar-refractivity contribution is 0.168. The third-order valence-corrected chi connectivity index (χ3v) is 4.52. The van der Waals surface area contributed by atoms with Crippen molar-refractivity contribution in [3.05, 3.63) is 43.0 Å². The summed E-state index contributed by atoms with van der Waals surface area (Å²) in [5, 5.41) is 25.0. The first kappa shape index (κ1) is 18.8. The average Bonchev–Trinajstić information content (AvgIpc) is 3.30. The molecule has 0 aliphatic heterocycles. The molecule has 0 aliphatic carbocycles. The molecule has 0 saturated heterocycles. The van der Waals surface area contributed by atoms with E-state index in [1.165, 1.54) is 7.11 Å². The summed E-state index contributed by atoms with van der Waals surface area (Å²) >= 11 is 0. The molecule has 4 aromatic heterocycles. The van der Waals surface area contributed by atoms with Crippen LogP contribution in [0.15, 0.2) is 43.0 Å². The number of aliphatic hydroxyl groups excluding tert-OH is 1. The van der Waals surface area contributed by atoms with Gasteiger partial charge >= 0.3 is 0 Å². The molecule has 4 aromatic rings. The van der Waals surface area contributed by atoms with E-state index in [9.17, 15) is 10.2 Å². The molecule has 1 unspecified atom stereocenters. The highest BCUT2D eigenvalue weighted by Crippen LogP contribution is 2.33. The van der Waals surface area contributed by atoms with Crippen LogP contribution in [0.1, 0.15) is 6.92 Å². The van der Waals surface area contributed by atoms with Crippen molar-refractivity contribution in [2.45, 2.75) is 19.6 Å². The van der Waals surface area contributed by atoms with Gasteiger partial charge in [0.25, 0.3) is 5.88 Å². The number of rotatable bonds is 6. The minimum absolute atomic E-state index is 0.0704. The van der Waals surface area contributed by atoms with E-state index in [-0.39, 0.29) is 5.88 Å². The molecule has 0 amide bonds. The van der Waals surface area contributed by atoms with Gasteiger partial charge in [0.15, 0.2) is 5.75 Å². The van der Waals surface area contributed by atoms with Crippen molar-refractivity contribution in [1.82, 2.24) is 24.3 Å². The van der Waals surface area contributed by atoms with Crippen molar-refractivity contribution in [2.75, 3.05) is 14.2 Å². The largest absolute Gasteiger partial charge is 0.494 e. The van der Waals surface area contributed by atoms with Gasteiger partial charge in [0.2, 0.25) is 5.88 Å². The highest BCUT2D eigenvalue weighted by molar-refractivity contribution is 5.87. The number of pyridine rings is 2. The lowest BCUT2D eigenvalue weighted by Crippen LogP contribution is -2.11.